The molecule has 174 valence electrons. The molecular weight excluding hydrogens is 454 g/mol. The number of fused-ring (bicyclic) bond motifs is 1. The first kappa shape index (κ1) is 21.9. The van der Waals surface area contributed by atoms with Crippen LogP contribution in [0.1, 0.15) is 22.9 Å². The van der Waals surface area contributed by atoms with Gasteiger partial charge in [-0.05, 0) is 29.7 Å². The number of rotatable bonds is 6. The molecule has 11 heteroatoms. The van der Waals surface area contributed by atoms with E-state index in [4.69, 9.17) is 9.26 Å². The van der Waals surface area contributed by atoms with Crippen molar-refractivity contribution in [3.05, 3.63) is 110 Å². The summed E-state index contributed by atoms with van der Waals surface area (Å²) in [5.74, 6) is 0.731. The Kier molecular flexibility index (Phi) is 5.71. The molecule has 0 saturated carbocycles. The average Bonchev–Trinajstić information content (AvgIpc) is 3.37. The maximum atomic E-state index is 11.1. The number of nitro groups is 2. The van der Waals surface area contributed by atoms with Gasteiger partial charge in [-0.25, -0.2) is 4.99 Å². The van der Waals surface area contributed by atoms with Crippen molar-refractivity contribution in [2.75, 3.05) is 0 Å². The number of benzene rings is 3. The lowest BCUT2D eigenvalue weighted by Crippen LogP contribution is -2.30. The molecular formula is C24H17N5O6. The lowest BCUT2D eigenvalue weighted by molar-refractivity contribution is -0.385. The van der Waals surface area contributed by atoms with Crippen LogP contribution in [0.15, 0.2) is 82.3 Å². The van der Waals surface area contributed by atoms with Gasteiger partial charge < -0.3 is 9.26 Å². The summed E-state index contributed by atoms with van der Waals surface area (Å²) in [5.41, 5.74) is 1.79. The van der Waals surface area contributed by atoms with Crippen LogP contribution in [0.25, 0.3) is 11.5 Å². The molecule has 0 N–H and O–H groups in total. The largest absolute Gasteiger partial charge is 0.468 e. The van der Waals surface area contributed by atoms with Gasteiger partial charge in [-0.2, -0.15) is 4.98 Å². The van der Waals surface area contributed by atoms with Crippen molar-refractivity contribution in [1.82, 2.24) is 10.1 Å². The standard InChI is InChI=1S/C24H17N5O6/c30-28(31)18-8-3-5-15(11-18)14-25-24-20(13-16-6-1-2-10-21(16)34-24)22-26-23(35-27-22)17-7-4-9-19(12-17)29(32)33/h1-12,14,20,24H,13H2/b25-14+. The summed E-state index contributed by atoms with van der Waals surface area (Å²) in [5, 5.41) is 26.3. The third-order valence-corrected chi connectivity index (χ3v) is 5.53. The Hall–Kier alpha value is -4.93. The van der Waals surface area contributed by atoms with E-state index in [2.05, 4.69) is 15.1 Å². The predicted octanol–water partition coefficient (Wildman–Crippen LogP) is 4.72. The third-order valence-electron chi connectivity index (χ3n) is 5.53. The molecule has 1 aliphatic rings. The molecule has 0 radical (unpaired) electrons. The summed E-state index contributed by atoms with van der Waals surface area (Å²) in [4.78, 5) is 30.3. The minimum absolute atomic E-state index is 0.0415. The highest BCUT2D eigenvalue weighted by Gasteiger charge is 2.34. The first-order chi connectivity index (χ1) is 17.0. The van der Waals surface area contributed by atoms with Gasteiger partial charge in [-0.1, -0.05) is 41.6 Å². The highest BCUT2D eigenvalue weighted by atomic mass is 16.6. The van der Waals surface area contributed by atoms with Crippen molar-refractivity contribution < 1.29 is 19.1 Å². The average molecular weight is 471 g/mol. The van der Waals surface area contributed by atoms with Crippen molar-refractivity contribution in [1.29, 1.82) is 0 Å². The van der Waals surface area contributed by atoms with Crippen molar-refractivity contribution in [3.63, 3.8) is 0 Å². The van der Waals surface area contributed by atoms with Crippen molar-refractivity contribution in [2.45, 2.75) is 18.6 Å². The number of hydrogen-bond acceptors (Lipinski definition) is 9. The van der Waals surface area contributed by atoms with Crippen LogP contribution in [0.5, 0.6) is 5.75 Å². The third kappa shape index (κ3) is 4.60. The first-order valence-electron chi connectivity index (χ1n) is 10.6. The van der Waals surface area contributed by atoms with Gasteiger partial charge in [0.15, 0.2) is 12.1 Å². The zero-order valence-electron chi connectivity index (χ0n) is 18.1. The SMILES string of the molecule is O=[N+]([O-])c1cccc(/C=N/C2Oc3ccccc3CC2c2noc(-c3cccc([N+](=O)[O-])c3)n2)c1. The molecule has 1 aliphatic heterocycles. The predicted molar refractivity (Wildman–Crippen MR) is 124 cm³/mol. The maximum absolute atomic E-state index is 11.1. The molecule has 2 atom stereocenters. The number of non-ortho nitro benzene ring substituents is 2. The summed E-state index contributed by atoms with van der Waals surface area (Å²) in [6.45, 7) is 0. The summed E-state index contributed by atoms with van der Waals surface area (Å²) < 4.78 is 11.5. The molecule has 2 unspecified atom stereocenters. The molecule has 4 aromatic rings. The number of ether oxygens (including phenoxy) is 1. The summed E-state index contributed by atoms with van der Waals surface area (Å²) in [7, 11) is 0. The topological polar surface area (TPSA) is 147 Å². The monoisotopic (exact) mass is 471 g/mol. The molecule has 11 nitrogen and oxygen atoms in total. The number of nitrogens with zero attached hydrogens (tertiary/aromatic N) is 5. The van der Waals surface area contributed by atoms with Gasteiger partial charge in [0.05, 0.1) is 15.8 Å². The Morgan fingerprint density at radius 3 is 2.49 bits per heavy atom. The fourth-order valence-electron chi connectivity index (χ4n) is 3.82. The van der Waals surface area contributed by atoms with Gasteiger partial charge in [0, 0.05) is 36.0 Å². The second-order valence-corrected chi connectivity index (χ2v) is 7.82. The van der Waals surface area contributed by atoms with Gasteiger partial charge in [0.1, 0.15) is 5.75 Å². The van der Waals surface area contributed by atoms with Crippen LogP contribution >= 0.6 is 0 Å². The van der Waals surface area contributed by atoms with Crippen LogP contribution in [-0.4, -0.2) is 32.4 Å². The molecule has 0 bridgehead atoms. The number of para-hydroxylation sites is 1. The second kappa shape index (κ2) is 9.14. The number of aromatic nitrogens is 2. The Labute approximate surface area is 198 Å². The fourth-order valence-corrected chi connectivity index (χ4v) is 3.82. The van der Waals surface area contributed by atoms with Gasteiger partial charge in [-0.3, -0.25) is 20.2 Å². The molecule has 3 aromatic carbocycles. The first-order valence-corrected chi connectivity index (χ1v) is 10.6. The molecule has 1 aromatic heterocycles. The Bertz CT molecular complexity index is 1450. The van der Waals surface area contributed by atoms with Gasteiger partial charge in [-0.15, -0.1) is 0 Å². The fraction of sp³-hybridized carbons (Fsp3) is 0.125. The minimum atomic E-state index is -0.722. The van der Waals surface area contributed by atoms with E-state index in [9.17, 15) is 20.2 Å². The lowest BCUT2D eigenvalue weighted by Gasteiger charge is -2.29. The Morgan fingerprint density at radius 1 is 0.943 bits per heavy atom. The summed E-state index contributed by atoms with van der Waals surface area (Å²) in [6.07, 6.45) is 1.31. The van der Waals surface area contributed by atoms with E-state index in [1.165, 1.54) is 30.5 Å². The normalized spacial score (nSPS) is 17.0. The van der Waals surface area contributed by atoms with Crippen LogP contribution in [0.3, 0.4) is 0 Å². The number of nitro benzene ring substituents is 2. The van der Waals surface area contributed by atoms with Gasteiger partial charge >= 0.3 is 0 Å². The minimum Gasteiger partial charge on any atom is -0.468 e. The van der Waals surface area contributed by atoms with Gasteiger partial charge in [0.2, 0.25) is 0 Å². The highest BCUT2D eigenvalue weighted by Crippen LogP contribution is 2.36. The highest BCUT2D eigenvalue weighted by molar-refractivity contribution is 5.80. The van der Waals surface area contributed by atoms with Crippen molar-refractivity contribution in [3.8, 4) is 17.2 Å². The van der Waals surface area contributed by atoms with Crippen LogP contribution in [0, 0.1) is 20.2 Å². The number of aliphatic imine (C=N–C) groups is 1. The lowest BCUT2D eigenvalue weighted by atomic mass is 9.93. The molecule has 5 rings (SSSR count). The quantitative estimate of drug-likeness (QED) is 0.223. The molecule has 0 amide bonds. The van der Waals surface area contributed by atoms with Crippen LogP contribution in [0.4, 0.5) is 11.4 Å². The van der Waals surface area contributed by atoms with E-state index in [-0.39, 0.29) is 17.3 Å². The van der Waals surface area contributed by atoms with E-state index >= 15 is 0 Å². The van der Waals surface area contributed by atoms with E-state index in [1.54, 1.807) is 24.3 Å². The van der Waals surface area contributed by atoms with E-state index in [1.807, 2.05) is 24.3 Å². The smallest absolute Gasteiger partial charge is 0.270 e. The number of hydrogen-bond donors (Lipinski definition) is 0. The molecule has 0 saturated heterocycles. The van der Waals surface area contributed by atoms with Crippen LogP contribution < -0.4 is 4.74 Å². The zero-order valence-corrected chi connectivity index (χ0v) is 18.1. The van der Waals surface area contributed by atoms with Crippen LogP contribution in [0.2, 0.25) is 0 Å². The van der Waals surface area contributed by atoms with Crippen molar-refractivity contribution >= 4 is 17.6 Å². The Morgan fingerprint density at radius 2 is 1.69 bits per heavy atom. The van der Waals surface area contributed by atoms with E-state index < -0.39 is 22.0 Å². The summed E-state index contributed by atoms with van der Waals surface area (Å²) in [6, 6.07) is 19.6. The summed E-state index contributed by atoms with van der Waals surface area (Å²) >= 11 is 0. The Balaban J connectivity index is 1.47. The van der Waals surface area contributed by atoms with Crippen molar-refractivity contribution in [2.24, 2.45) is 4.99 Å². The molecule has 0 fully saturated rings. The second-order valence-electron chi connectivity index (χ2n) is 7.82. The molecule has 35 heavy (non-hydrogen) atoms. The molecule has 2 heterocycles. The molecule has 0 aliphatic carbocycles. The zero-order chi connectivity index (χ0) is 24.4. The maximum Gasteiger partial charge on any atom is 0.270 e. The van der Waals surface area contributed by atoms with Gasteiger partial charge in [0.25, 0.3) is 17.3 Å². The van der Waals surface area contributed by atoms with Crippen LogP contribution in [-0.2, 0) is 6.42 Å². The van der Waals surface area contributed by atoms with E-state index in [0.29, 0.717) is 29.1 Å². The molecule has 0 spiro atoms. The van der Waals surface area contributed by atoms with E-state index in [0.717, 1.165) is 5.56 Å².